The Morgan fingerprint density at radius 2 is 1.98 bits per heavy atom. The van der Waals surface area contributed by atoms with E-state index in [9.17, 15) is 14.4 Å². The highest BCUT2D eigenvalue weighted by Gasteiger charge is 2.35. The summed E-state index contributed by atoms with van der Waals surface area (Å²) in [4.78, 5) is 48.1. The van der Waals surface area contributed by atoms with E-state index in [2.05, 4.69) is 20.7 Å². The molecule has 212 valence electrons. The highest BCUT2D eigenvalue weighted by atomic mass is 32.1. The number of urea groups is 1. The van der Waals surface area contributed by atoms with Crippen molar-refractivity contribution in [3.63, 3.8) is 0 Å². The van der Waals surface area contributed by atoms with Crippen LogP contribution in [0.25, 0.3) is 10.2 Å². The average molecular weight is 574 g/mol. The largest absolute Gasteiger partial charge is 0.444 e. The van der Waals surface area contributed by atoms with Crippen molar-refractivity contribution in [1.29, 1.82) is 0 Å². The molecule has 1 atom stereocenters. The van der Waals surface area contributed by atoms with Crippen LogP contribution >= 0.6 is 11.3 Å². The molecule has 4 amide bonds. The molecule has 0 aliphatic carbocycles. The SMILES string of the molecule is CC(C)(C)OC(=O)N1CCC[C@@H](NC(=O)c2sc3nccc4c3c2NC(=O)N4c2ccn(Cc3ccccc3)n2)C1. The Morgan fingerprint density at radius 1 is 1.17 bits per heavy atom. The number of carbonyl (C=O) groups is 3. The molecule has 2 N–H and O–H groups in total. The van der Waals surface area contributed by atoms with Gasteiger partial charge in [-0.3, -0.25) is 9.48 Å². The van der Waals surface area contributed by atoms with Gasteiger partial charge < -0.3 is 20.3 Å². The first kappa shape index (κ1) is 26.8. The maximum Gasteiger partial charge on any atom is 0.410 e. The summed E-state index contributed by atoms with van der Waals surface area (Å²) in [5.74, 6) is 0.157. The second-order valence-electron chi connectivity index (χ2n) is 11.2. The molecule has 2 aliphatic rings. The zero-order valence-electron chi connectivity index (χ0n) is 23.1. The third kappa shape index (κ3) is 5.47. The summed E-state index contributed by atoms with van der Waals surface area (Å²) in [6.45, 7) is 6.99. The summed E-state index contributed by atoms with van der Waals surface area (Å²) in [5.41, 5.74) is 1.56. The number of aromatic nitrogens is 3. The monoisotopic (exact) mass is 573 g/mol. The van der Waals surface area contributed by atoms with Gasteiger partial charge in [-0.15, -0.1) is 11.3 Å². The fourth-order valence-corrected chi connectivity index (χ4v) is 6.16. The van der Waals surface area contributed by atoms with E-state index in [0.717, 1.165) is 18.4 Å². The molecule has 3 aromatic heterocycles. The fourth-order valence-electron chi connectivity index (χ4n) is 5.14. The lowest BCUT2D eigenvalue weighted by atomic mass is 10.1. The number of hydrogen-bond donors (Lipinski definition) is 2. The standard InChI is InChI=1S/C29H31N7O4S/c1-29(2,3)40-28(39)34-14-7-10-19(17-34)31-25(37)24-23-22-20(11-13-30-26(22)41-24)36(27(38)32-23)21-12-15-35(33-21)16-18-8-5-4-6-9-18/h4-6,8-9,11-13,15,19H,7,10,14,16-17H2,1-3H3,(H,31,37)(H,32,38)/t19-/m1/s1. The fraction of sp³-hybridized carbons (Fsp3) is 0.345. The second kappa shape index (κ2) is 10.5. The first-order valence-corrected chi connectivity index (χ1v) is 14.4. The van der Waals surface area contributed by atoms with E-state index in [1.54, 1.807) is 27.9 Å². The number of rotatable bonds is 5. The number of nitrogens with one attached hydrogen (secondary N) is 2. The molecule has 6 rings (SSSR count). The third-order valence-corrected chi connectivity index (χ3v) is 8.00. The van der Waals surface area contributed by atoms with Gasteiger partial charge in [-0.1, -0.05) is 30.3 Å². The van der Waals surface area contributed by atoms with Crippen molar-refractivity contribution in [3.8, 4) is 0 Å². The number of piperidine rings is 1. The number of hydrogen-bond acceptors (Lipinski definition) is 7. The lowest BCUT2D eigenvalue weighted by Crippen LogP contribution is -2.50. The Morgan fingerprint density at radius 3 is 2.76 bits per heavy atom. The zero-order valence-corrected chi connectivity index (χ0v) is 23.9. The Bertz CT molecular complexity index is 1630. The van der Waals surface area contributed by atoms with Gasteiger partial charge in [-0.2, -0.15) is 5.10 Å². The number of likely N-dealkylation sites (tertiary alicyclic amines) is 1. The summed E-state index contributed by atoms with van der Waals surface area (Å²) < 4.78 is 7.29. The van der Waals surface area contributed by atoms with Crippen LogP contribution < -0.4 is 15.5 Å². The van der Waals surface area contributed by atoms with Crippen molar-refractivity contribution >= 4 is 56.8 Å². The molecule has 0 saturated carbocycles. The van der Waals surface area contributed by atoms with E-state index in [1.165, 1.54) is 16.2 Å². The van der Waals surface area contributed by atoms with Gasteiger partial charge in [0, 0.05) is 37.6 Å². The molecule has 2 aliphatic heterocycles. The minimum absolute atomic E-state index is 0.238. The number of pyridine rings is 1. The van der Waals surface area contributed by atoms with Crippen molar-refractivity contribution in [2.75, 3.05) is 23.3 Å². The summed E-state index contributed by atoms with van der Waals surface area (Å²) in [7, 11) is 0. The van der Waals surface area contributed by atoms with E-state index in [4.69, 9.17) is 4.74 Å². The Hall–Kier alpha value is -4.45. The smallest absolute Gasteiger partial charge is 0.410 e. The number of amides is 4. The van der Waals surface area contributed by atoms with Crippen LogP contribution in [0.4, 0.5) is 26.8 Å². The Balaban J connectivity index is 1.23. The normalized spacial score (nSPS) is 17.0. The van der Waals surface area contributed by atoms with Crippen LogP contribution in [-0.4, -0.2) is 62.4 Å². The topological polar surface area (TPSA) is 122 Å². The second-order valence-corrected chi connectivity index (χ2v) is 12.2. The predicted octanol–water partition coefficient (Wildman–Crippen LogP) is 5.35. The van der Waals surface area contributed by atoms with Gasteiger partial charge in [0.25, 0.3) is 5.91 Å². The van der Waals surface area contributed by atoms with Gasteiger partial charge in [-0.05, 0) is 45.2 Å². The molecule has 1 saturated heterocycles. The van der Waals surface area contributed by atoms with Crippen LogP contribution in [-0.2, 0) is 11.3 Å². The van der Waals surface area contributed by atoms with Crippen LogP contribution in [0.1, 0.15) is 48.8 Å². The minimum atomic E-state index is -0.593. The average Bonchev–Trinajstić information content (AvgIpc) is 3.54. The van der Waals surface area contributed by atoms with Crippen molar-refractivity contribution in [2.45, 2.75) is 51.8 Å². The molecule has 4 aromatic rings. The Labute approximate surface area is 241 Å². The first-order chi connectivity index (χ1) is 19.7. The molecular formula is C29H31N7O4S. The number of anilines is 3. The van der Waals surface area contributed by atoms with Gasteiger partial charge in [0.1, 0.15) is 15.3 Å². The maximum absolute atomic E-state index is 13.5. The van der Waals surface area contributed by atoms with Gasteiger partial charge in [0.05, 0.1) is 23.3 Å². The van der Waals surface area contributed by atoms with E-state index in [0.29, 0.717) is 51.9 Å². The molecule has 1 aromatic carbocycles. The van der Waals surface area contributed by atoms with Crippen LogP contribution in [0.15, 0.2) is 54.9 Å². The van der Waals surface area contributed by atoms with Gasteiger partial charge in [0.2, 0.25) is 0 Å². The molecule has 0 spiro atoms. The van der Waals surface area contributed by atoms with Crippen LogP contribution in [0, 0.1) is 0 Å². The van der Waals surface area contributed by atoms with Gasteiger partial charge in [0.15, 0.2) is 5.82 Å². The van der Waals surface area contributed by atoms with Crippen LogP contribution in [0.3, 0.4) is 0 Å². The summed E-state index contributed by atoms with van der Waals surface area (Å²) in [6.07, 6.45) is 4.56. The molecule has 5 heterocycles. The number of nitrogens with zero attached hydrogens (tertiary/aromatic N) is 5. The van der Waals surface area contributed by atoms with Crippen molar-refractivity contribution in [2.24, 2.45) is 0 Å². The van der Waals surface area contributed by atoms with E-state index < -0.39 is 11.6 Å². The number of benzene rings is 1. The molecule has 12 heteroatoms. The van der Waals surface area contributed by atoms with Crippen molar-refractivity contribution < 1.29 is 19.1 Å². The van der Waals surface area contributed by atoms with E-state index in [1.807, 2.05) is 57.3 Å². The lowest BCUT2D eigenvalue weighted by molar-refractivity contribution is 0.0185. The van der Waals surface area contributed by atoms with Gasteiger partial charge >= 0.3 is 12.1 Å². The zero-order chi connectivity index (χ0) is 28.7. The van der Waals surface area contributed by atoms with E-state index in [-0.39, 0.29) is 18.0 Å². The summed E-state index contributed by atoms with van der Waals surface area (Å²) in [6, 6.07) is 12.9. The van der Waals surface area contributed by atoms with Crippen LogP contribution in [0.5, 0.6) is 0 Å². The molecule has 11 nitrogen and oxygen atoms in total. The molecular weight excluding hydrogens is 542 g/mol. The lowest BCUT2D eigenvalue weighted by Gasteiger charge is -2.34. The summed E-state index contributed by atoms with van der Waals surface area (Å²) in [5, 5.41) is 11.3. The molecule has 41 heavy (non-hydrogen) atoms. The quantitative estimate of drug-likeness (QED) is 0.332. The molecule has 1 fully saturated rings. The predicted molar refractivity (Wildman–Crippen MR) is 157 cm³/mol. The number of carbonyl (C=O) groups excluding carboxylic acids is 3. The Kier molecular flexibility index (Phi) is 6.86. The van der Waals surface area contributed by atoms with E-state index >= 15 is 0 Å². The highest BCUT2D eigenvalue weighted by molar-refractivity contribution is 7.21. The molecule has 0 bridgehead atoms. The van der Waals surface area contributed by atoms with Crippen molar-refractivity contribution in [3.05, 3.63) is 65.3 Å². The minimum Gasteiger partial charge on any atom is -0.444 e. The maximum atomic E-state index is 13.5. The summed E-state index contributed by atoms with van der Waals surface area (Å²) >= 11 is 1.23. The van der Waals surface area contributed by atoms with Crippen molar-refractivity contribution in [1.82, 2.24) is 25.0 Å². The van der Waals surface area contributed by atoms with Gasteiger partial charge in [-0.25, -0.2) is 19.5 Å². The molecule has 0 radical (unpaired) electrons. The number of ether oxygens (including phenoxy) is 1. The first-order valence-electron chi connectivity index (χ1n) is 13.5. The molecule has 0 unspecified atom stereocenters. The number of thiophene rings is 1. The third-order valence-electron chi connectivity index (χ3n) is 6.90. The highest BCUT2D eigenvalue weighted by Crippen LogP contribution is 2.45. The van der Waals surface area contributed by atoms with Crippen LogP contribution in [0.2, 0.25) is 0 Å².